The van der Waals surface area contributed by atoms with E-state index in [-0.39, 0.29) is 18.9 Å². The molecule has 0 bridgehead atoms. The minimum absolute atomic E-state index is 0.0340. The summed E-state index contributed by atoms with van der Waals surface area (Å²) in [5, 5.41) is 14.3. The van der Waals surface area contributed by atoms with Crippen LogP contribution in [0.3, 0.4) is 0 Å². The Morgan fingerprint density at radius 3 is 2.69 bits per heavy atom. The van der Waals surface area contributed by atoms with E-state index in [1.807, 2.05) is 54.6 Å². The number of ether oxygens (including phenoxy) is 3. The second-order valence-electron chi connectivity index (χ2n) is 7.94. The molecule has 162 valence electrons. The van der Waals surface area contributed by atoms with Crippen LogP contribution in [-0.2, 0) is 11.3 Å². The molecule has 1 heterocycles. The molecule has 4 rings (SSSR count). The number of hydrogen-bond acceptors (Lipinski definition) is 5. The minimum Gasteiger partial charge on any atom is -0.493 e. The Kier molecular flexibility index (Phi) is 6.27. The lowest BCUT2D eigenvalue weighted by atomic mass is 10.0. The van der Waals surface area contributed by atoms with E-state index in [0.717, 1.165) is 27.6 Å². The largest absolute Gasteiger partial charge is 0.493 e. The Bertz CT molecular complexity index is 1220. The number of nitriles is 1. The first-order valence-electron chi connectivity index (χ1n) is 10.5. The Morgan fingerprint density at radius 2 is 1.91 bits per heavy atom. The van der Waals surface area contributed by atoms with Crippen LogP contribution in [0.2, 0.25) is 0 Å². The summed E-state index contributed by atoms with van der Waals surface area (Å²) in [6.45, 7) is 5.28. The molecule has 0 atom stereocenters. The van der Waals surface area contributed by atoms with Gasteiger partial charge in [0.1, 0.15) is 17.4 Å². The smallest absolute Gasteiger partial charge is 0.262 e. The molecule has 1 N–H and O–H groups in total. The van der Waals surface area contributed by atoms with Gasteiger partial charge in [0, 0.05) is 11.9 Å². The molecule has 0 radical (unpaired) electrons. The first-order chi connectivity index (χ1) is 15.5. The van der Waals surface area contributed by atoms with Gasteiger partial charge in [0.05, 0.1) is 6.61 Å². The second-order valence-corrected chi connectivity index (χ2v) is 7.94. The summed E-state index contributed by atoms with van der Waals surface area (Å²) >= 11 is 0. The summed E-state index contributed by atoms with van der Waals surface area (Å²) in [5.74, 6) is 2.10. The summed E-state index contributed by atoms with van der Waals surface area (Å²) in [5.41, 5.74) is 1.68. The molecule has 3 aromatic rings. The van der Waals surface area contributed by atoms with Crippen LogP contribution in [-0.4, -0.2) is 19.3 Å². The molecule has 0 saturated heterocycles. The summed E-state index contributed by atoms with van der Waals surface area (Å²) in [6, 6.07) is 19.1. The molecular formula is C26H24N2O4. The van der Waals surface area contributed by atoms with Crippen LogP contribution in [0, 0.1) is 17.2 Å². The predicted molar refractivity (Wildman–Crippen MR) is 122 cm³/mol. The average molecular weight is 428 g/mol. The number of carbonyl (C=O) groups excluding carboxylic acids is 1. The Morgan fingerprint density at radius 1 is 1.12 bits per heavy atom. The molecule has 1 aliphatic rings. The van der Waals surface area contributed by atoms with Crippen LogP contribution in [0.25, 0.3) is 16.8 Å². The monoisotopic (exact) mass is 428 g/mol. The molecular weight excluding hydrogens is 404 g/mol. The molecule has 6 heteroatoms. The van der Waals surface area contributed by atoms with Gasteiger partial charge in [-0.05, 0) is 46.7 Å². The molecule has 32 heavy (non-hydrogen) atoms. The third kappa shape index (κ3) is 4.68. The topological polar surface area (TPSA) is 80.6 Å². The van der Waals surface area contributed by atoms with Crippen LogP contribution in [0.1, 0.15) is 25.0 Å². The van der Waals surface area contributed by atoms with E-state index in [0.29, 0.717) is 24.0 Å². The minimum atomic E-state index is -0.436. The predicted octanol–water partition coefficient (Wildman–Crippen LogP) is 4.83. The number of fused-ring (bicyclic) bond motifs is 2. The third-order valence-electron chi connectivity index (χ3n) is 5.04. The maximum Gasteiger partial charge on any atom is 0.262 e. The summed E-state index contributed by atoms with van der Waals surface area (Å²) < 4.78 is 16.6. The molecule has 0 aromatic heterocycles. The highest BCUT2D eigenvalue weighted by Crippen LogP contribution is 2.33. The first kappa shape index (κ1) is 21.3. The maximum absolute atomic E-state index is 12.7. The van der Waals surface area contributed by atoms with Gasteiger partial charge in [-0.25, -0.2) is 0 Å². The molecule has 1 amide bonds. The van der Waals surface area contributed by atoms with E-state index >= 15 is 0 Å². The quantitative estimate of drug-likeness (QED) is 0.431. The number of rotatable bonds is 7. The van der Waals surface area contributed by atoms with Crippen LogP contribution in [0.5, 0.6) is 17.2 Å². The van der Waals surface area contributed by atoms with E-state index in [9.17, 15) is 10.1 Å². The van der Waals surface area contributed by atoms with Crippen molar-refractivity contribution in [1.29, 1.82) is 5.26 Å². The first-order valence-corrected chi connectivity index (χ1v) is 10.5. The summed E-state index contributed by atoms with van der Waals surface area (Å²) in [6.07, 6.45) is 1.61. The van der Waals surface area contributed by atoms with Gasteiger partial charge in [-0.15, -0.1) is 0 Å². The zero-order valence-corrected chi connectivity index (χ0v) is 18.1. The van der Waals surface area contributed by atoms with Crippen LogP contribution < -0.4 is 19.5 Å². The standard InChI is InChI=1S/C26H24N2O4/c1-17(2)15-30-23-10-8-19(21-5-3-4-6-22(21)23)12-20(13-27)26(29)28-14-18-7-9-24-25(11-18)32-16-31-24/h3-12,17H,14-16H2,1-2H3,(H,28,29)/b20-12+. The van der Waals surface area contributed by atoms with Gasteiger partial charge >= 0.3 is 0 Å². The number of amides is 1. The lowest BCUT2D eigenvalue weighted by Gasteiger charge is -2.13. The maximum atomic E-state index is 12.7. The van der Waals surface area contributed by atoms with E-state index in [4.69, 9.17) is 14.2 Å². The Balaban J connectivity index is 1.54. The fraction of sp³-hybridized carbons (Fsp3) is 0.231. The molecule has 3 aromatic carbocycles. The van der Waals surface area contributed by atoms with E-state index in [1.54, 1.807) is 12.1 Å². The lowest BCUT2D eigenvalue weighted by Crippen LogP contribution is -2.23. The number of nitrogens with zero attached hydrogens (tertiary/aromatic N) is 1. The van der Waals surface area contributed by atoms with Crippen molar-refractivity contribution in [3.05, 3.63) is 71.3 Å². The molecule has 1 aliphatic heterocycles. The number of hydrogen-bond donors (Lipinski definition) is 1. The number of nitrogens with one attached hydrogen (secondary N) is 1. The highest BCUT2D eigenvalue weighted by atomic mass is 16.7. The van der Waals surface area contributed by atoms with Crippen molar-refractivity contribution >= 4 is 22.8 Å². The van der Waals surface area contributed by atoms with Gasteiger partial charge in [0.15, 0.2) is 11.5 Å². The zero-order chi connectivity index (χ0) is 22.5. The fourth-order valence-electron chi connectivity index (χ4n) is 3.44. The van der Waals surface area contributed by atoms with Crippen molar-refractivity contribution in [3.8, 4) is 23.3 Å². The molecule has 6 nitrogen and oxygen atoms in total. The Labute approximate surface area is 187 Å². The van der Waals surface area contributed by atoms with E-state index < -0.39 is 5.91 Å². The normalized spacial score (nSPS) is 12.6. The van der Waals surface area contributed by atoms with E-state index in [2.05, 4.69) is 19.2 Å². The van der Waals surface area contributed by atoms with Crippen molar-refractivity contribution in [2.75, 3.05) is 13.4 Å². The lowest BCUT2D eigenvalue weighted by molar-refractivity contribution is -0.117. The van der Waals surface area contributed by atoms with Crippen LogP contribution >= 0.6 is 0 Å². The highest BCUT2D eigenvalue weighted by molar-refractivity contribution is 6.04. The SMILES string of the molecule is CC(C)COc1ccc(/C=C(\C#N)C(=O)NCc2ccc3c(c2)OCO3)c2ccccc12. The molecule has 0 fully saturated rings. The van der Waals surface area contributed by atoms with Crippen molar-refractivity contribution in [2.24, 2.45) is 5.92 Å². The average Bonchev–Trinajstić information content (AvgIpc) is 3.28. The van der Waals surface area contributed by atoms with Crippen LogP contribution in [0.4, 0.5) is 0 Å². The molecule has 0 saturated carbocycles. The van der Waals surface area contributed by atoms with Crippen molar-refractivity contribution in [1.82, 2.24) is 5.32 Å². The van der Waals surface area contributed by atoms with Gasteiger partial charge in [0.2, 0.25) is 6.79 Å². The van der Waals surface area contributed by atoms with Crippen molar-refractivity contribution in [3.63, 3.8) is 0 Å². The number of benzene rings is 3. The summed E-state index contributed by atoms with van der Waals surface area (Å²) in [7, 11) is 0. The zero-order valence-electron chi connectivity index (χ0n) is 18.1. The van der Waals surface area contributed by atoms with Crippen molar-refractivity contribution in [2.45, 2.75) is 20.4 Å². The molecule has 0 aliphatic carbocycles. The molecule has 0 spiro atoms. The highest BCUT2D eigenvalue weighted by Gasteiger charge is 2.15. The fourth-order valence-corrected chi connectivity index (χ4v) is 3.44. The van der Waals surface area contributed by atoms with Crippen molar-refractivity contribution < 1.29 is 19.0 Å². The second kappa shape index (κ2) is 9.44. The van der Waals surface area contributed by atoms with Gasteiger partial charge in [-0.3, -0.25) is 4.79 Å². The van der Waals surface area contributed by atoms with Crippen LogP contribution in [0.15, 0.2) is 60.2 Å². The summed E-state index contributed by atoms with van der Waals surface area (Å²) in [4.78, 5) is 12.7. The van der Waals surface area contributed by atoms with Gasteiger partial charge < -0.3 is 19.5 Å². The Hall–Kier alpha value is -3.98. The van der Waals surface area contributed by atoms with Gasteiger partial charge in [-0.1, -0.05) is 50.2 Å². The van der Waals surface area contributed by atoms with Gasteiger partial charge in [0.25, 0.3) is 5.91 Å². The number of carbonyl (C=O) groups is 1. The molecule has 0 unspecified atom stereocenters. The van der Waals surface area contributed by atoms with E-state index in [1.165, 1.54) is 0 Å². The third-order valence-corrected chi connectivity index (χ3v) is 5.04. The van der Waals surface area contributed by atoms with Gasteiger partial charge in [-0.2, -0.15) is 5.26 Å².